The van der Waals surface area contributed by atoms with Gasteiger partial charge in [0.25, 0.3) is 0 Å². The Balaban J connectivity index is 2.77. The molecule has 1 nitrogen and oxygen atoms in total. The largest absolute Gasteiger partial charge is 0.300 e. The Morgan fingerprint density at radius 2 is 2.06 bits per heavy atom. The van der Waals surface area contributed by atoms with Crippen LogP contribution in [0.4, 0.5) is 8.78 Å². The van der Waals surface area contributed by atoms with E-state index in [0.29, 0.717) is 24.3 Å². The first kappa shape index (κ1) is 13.1. The van der Waals surface area contributed by atoms with E-state index in [2.05, 4.69) is 0 Å². The topological polar surface area (TPSA) is 17.1 Å². The van der Waals surface area contributed by atoms with Crippen molar-refractivity contribution in [2.24, 2.45) is 5.92 Å². The van der Waals surface area contributed by atoms with Crippen molar-refractivity contribution >= 4 is 17.4 Å². The highest BCUT2D eigenvalue weighted by molar-refractivity contribution is 6.18. The minimum Gasteiger partial charge on any atom is -0.300 e. The Morgan fingerprint density at radius 3 is 2.56 bits per heavy atom. The summed E-state index contributed by atoms with van der Waals surface area (Å²) in [5, 5.41) is 0. The van der Waals surface area contributed by atoms with E-state index in [9.17, 15) is 13.6 Å². The molecule has 1 aromatic rings. The van der Waals surface area contributed by atoms with Crippen LogP contribution in [0.3, 0.4) is 0 Å². The molecule has 0 aliphatic carbocycles. The van der Waals surface area contributed by atoms with Crippen LogP contribution in [0, 0.1) is 17.6 Å². The van der Waals surface area contributed by atoms with Crippen LogP contribution in [0.5, 0.6) is 0 Å². The predicted molar refractivity (Wildman–Crippen MR) is 59.6 cm³/mol. The number of rotatable bonds is 5. The molecule has 0 aromatic heterocycles. The van der Waals surface area contributed by atoms with Crippen molar-refractivity contribution in [3.8, 4) is 0 Å². The van der Waals surface area contributed by atoms with Crippen molar-refractivity contribution in [1.29, 1.82) is 0 Å². The summed E-state index contributed by atoms with van der Waals surface area (Å²) >= 11 is 5.58. The minimum atomic E-state index is -0.884. The highest BCUT2D eigenvalue weighted by Crippen LogP contribution is 2.16. The van der Waals surface area contributed by atoms with Crippen molar-refractivity contribution in [2.45, 2.75) is 19.8 Å². The fourth-order valence-electron chi connectivity index (χ4n) is 1.53. The van der Waals surface area contributed by atoms with Crippen molar-refractivity contribution in [3.05, 3.63) is 35.4 Å². The van der Waals surface area contributed by atoms with E-state index in [-0.39, 0.29) is 11.7 Å². The lowest BCUT2D eigenvalue weighted by atomic mass is 9.93. The summed E-state index contributed by atoms with van der Waals surface area (Å²) in [4.78, 5) is 11.3. The highest BCUT2D eigenvalue weighted by Gasteiger charge is 2.15. The monoisotopic (exact) mass is 246 g/mol. The van der Waals surface area contributed by atoms with Crippen LogP contribution in [0.15, 0.2) is 18.2 Å². The number of Topliss-reactive ketones (excluding diaryl/α,β-unsaturated/α-hetero) is 1. The maximum absolute atomic E-state index is 12.9. The van der Waals surface area contributed by atoms with Crippen LogP contribution in [-0.2, 0) is 11.2 Å². The second kappa shape index (κ2) is 5.94. The normalized spacial score (nSPS) is 12.5. The van der Waals surface area contributed by atoms with Gasteiger partial charge >= 0.3 is 0 Å². The predicted octanol–water partition coefficient (Wildman–Crippen LogP) is 3.34. The van der Waals surface area contributed by atoms with Crippen LogP contribution in [0.25, 0.3) is 0 Å². The minimum absolute atomic E-state index is 0.0189. The van der Waals surface area contributed by atoms with E-state index in [4.69, 9.17) is 11.6 Å². The van der Waals surface area contributed by atoms with Crippen LogP contribution in [0.1, 0.15) is 18.9 Å². The van der Waals surface area contributed by atoms with E-state index >= 15 is 0 Å². The third kappa shape index (κ3) is 3.56. The first-order chi connectivity index (χ1) is 7.54. The van der Waals surface area contributed by atoms with Crippen molar-refractivity contribution in [3.63, 3.8) is 0 Å². The standard InChI is InChI=1S/C12H13ClF2O/c1-8(16)10(4-5-13)6-9-2-3-11(14)12(15)7-9/h2-3,7,10H,4-6H2,1H3. The van der Waals surface area contributed by atoms with Crippen molar-refractivity contribution in [2.75, 3.05) is 5.88 Å². The molecular weight excluding hydrogens is 234 g/mol. The number of hydrogen-bond donors (Lipinski definition) is 0. The second-order valence-corrected chi connectivity index (χ2v) is 4.12. The van der Waals surface area contributed by atoms with Gasteiger partial charge in [0.1, 0.15) is 5.78 Å². The van der Waals surface area contributed by atoms with Gasteiger partial charge in [-0.05, 0) is 37.5 Å². The molecule has 0 aliphatic rings. The van der Waals surface area contributed by atoms with E-state index in [1.165, 1.54) is 13.0 Å². The molecule has 1 atom stereocenters. The van der Waals surface area contributed by atoms with Crippen LogP contribution < -0.4 is 0 Å². The second-order valence-electron chi connectivity index (χ2n) is 3.74. The molecule has 0 heterocycles. The zero-order chi connectivity index (χ0) is 12.1. The molecule has 0 saturated heterocycles. The van der Waals surface area contributed by atoms with Crippen LogP contribution >= 0.6 is 11.6 Å². The SMILES string of the molecule is CC(=O)C(CCCl)Cc1ccc(F)c(F)c1. The maximum Gasteiger partial charge on any atom is 0.159 e. The lowest BCUT2D eigenvalue weighted by molar-refractivity contribution is -0.120. The van der Waals surface area contributed by atoms with E-state index in [0.717, 1.165) is 12.1 Å². The molecule has 0 aliphatic heterocycles. The summed E-state index contributed by atoms with van der Waals surface area (Å²) in [6, 6.07) is 3.69. The number of carbonyl (C=O) groups excluding carboxylic acids is 1. The summed E-state index contributed by atoms with van der Waals surface area (Å²) in [6.07, 6.45) is 0.954. The van der Waals surface area contributed by atoms with E-state index < -0.39 is 11.6 Å². The zero-order valence-corrected chi connectivity index (χ0v) is 9.73. The molecule has 0 spiro atoms. The highest BCUT2D eigenvalue weighted by atomic mass is 35.5. The lowest BCUT2D eigenvalue weighted by Gasteiger charge is -2.12. The van der Waals surface area contributed by atoms with Crippen molar-refractivity contribution in [1.82, 2.24) is 0 Å². The molecule has 0 amide bonds. The quantitative estimate of drug-likeness (QED) is 0.729. The number of ketones is 1. The Kier molecular flexibility index (Phi) is 4.87. The van der Waals surface area contributed by atoms with Gasteiger partial charge in [-0.25, -0.2) is 8.78 Å². The summed E-state index contributed by atoms with van der Waals surface area (Å²) in [5.74, 6) is -1.58. The Labute approximate surface area is 98.4 Å². The number of halogens is 3. The van der Waals surface area contributed by atoms with Crippen LogP contribution in [0.2, 0.25) is 0 Å². The summed E-state index contributed by atoms with van der Waals surface area (Å²) in [7, 11) is 0. The molecule has 0 fully saturated rings. The van der Waals surface area contributed by atoms with E-state index in [1.807, 2.05) is 0 Å². The molecule has 1 aromatic carbocycles. The molecule has 88 valence electrons. The third-order valence-corrected chi connectivity index (χ3v) is 2.72. The van der Waals surface area contributed by atoms with E-state index in [1.54, 1.807) is 0 Å². The summed E-state index contributed by atoms with van der Waals surface area (Å²) < 4.78 is 25.6. The lowest BCUT2D eigenvalue weighted by Crippen LogP contribution is -2.14. The molecule has 16 heavy (non-hydrogen) atoms. The average Bonchev–Trinajstić information content (AvgIpc) is 2.22. The molecular formula is C12H13ClF2O. The Morgan fingerprint density at radius 1 is 1.38 bits per heavy atom. The molecule has 0 bridgehead atoms. The fraction of sp³-hybridized carbons (Fsp3) is 0.417. The zero-order valence-electron chi connectivity index (χ0n) is 8.97. The first-order valence-electron chi connectivity index (χ1n) is 5.05. The van der Waals surface area contributed by atoms with Gasteiger partial charge in [0.2, 0.25) is 0 Å². The number of carbonyl (C=O) groups is 1. The Hall–Kier alpha value is -0.960. The number of alkyl halides is 1. The Bertz CT molecular complexity index is 379. The van der Waals surface area contributed by atoms with Gasteiger partial charge in [-0.1, -0.05) is 6.07 Å². The summed E-state index contributed by atoms with van der Waals surface area (Å²) in [5.41, 5.74) is 0.615. The number of hydrogen-bond acceptors (Lipinski definition) is 1. The van der Waals surface area contributed by atoms with Gasteiger partial charge in [-0.3, -0.25) is 4.79 Å². The van der Waals surface area contributed by atoms with Gasteiger partial charge < -0.3 is 0 Å². The smallest absolute Gasteiger partial charge is 0.159 e. The molecule has 0 radical (unpaired) electrons. The first-order valence-corrected chi connectivity index (χ1v) is 5.58. The average molecular weight is 247 g/mol. The third-order valence-electron chi connectivity index (χ3n) is 2.50. The molecule has 4 heteroatoms. The molecule has 1 unspecified atom stereocenters. The van der Waals surface area contributed by atoms with Gasteiger partial charge in [-0.2, -0.15) is 0 Å². The molecule has 1 rings (SSSR count). The van der Waals surface area contributed by atoms with Gasteiger partial charge in [-0.15, -0.1) is 11.6 Å². The van der Waals surface area contributed by atoms with Crippen molar-refractivity contribution < 1.29 is 13.6 Å². The number of benzene rings is 1. The molecule has 0 N–H and O–H groups in total. The van der Waals surface area contributed by atoms with Crippen LogP contribution in [-0.4, -0.2) is 11.7 Å². The molecule has 0 saturated carbocycles. The van der Waals surface area contributed by atoms with Gasteiger partial charge in [0, 0.05) is 11.8 Å². The maximum atomic E-state index is 12.9. The fourth-order valence-corrected chi connectivity index (χ4v) is 1.80. The van der Waals surface area contributed by atoms with Gasteiger partial charge in [0.15, 0.2) is 11.6 Å². The summed E-state index contributed by atoms with van der Waals surface area (Å²) in [6.45, 7) is 1.48. The van der Waals surface area contributed by atoms with Gasteiger partial charge in [0.05, 0.1) is 0 Å².